The second-order valence-electron chi connectivity index (χ2n) is 3.88. The smallest absolute Gasteiger partial charge is 0.271 e. The predicted octanol–water partition coefficient (Wildman–Crippen LogP) is 2.46. The van der Waals surface area contributed by atoms with E-state index in [1.165, 1.54) is 24.4 Å². The number of fused-ring (bicyclic) bond motifs is 1. The summed E-state index contributed by atoms with van der Waals surface area (Å²) in [6.45, 7) is 1.14. The molecule has 6 heteroatoms. The topological polar surface area (TPSA) is 76.0 Å². The summed E-state index contributed by atoms with van der Waals surface area (Å²) in [6, 6.07) is 4.01. The second kappa shape index (κ2) is 3.65. The van der Waals surface area contributed by atoms with E-state index in [0.717, 1.165) is 6.92 Å². The van der Waals surface area contributed by atoms with Gasteiger partial charge in [-0.15, -0.1) is 0 Å². The highest BCUT2D eigenvalue weighted by molar-refractivity contribution is 5.89. The highest BCUT2D eigenvalue weighted by Crippen LogP contribution is 2.31. The highest BCUT2D eigenvalue weighted by atomic mass is 19.1. The molecule has 0 saturated carbocycles. The summed E-state index contributed by atoms with van der Waals surface area (Å²) in [5.74, 6) is 0. The van der Waals surface area contributed by atoms with Gasteiger partial charge >= 0.3 is 0 Å². The van der Waals surface area contributed by atoms with Crippen LogP contribution < -0.4 is 0 Å². The Morgan fingerprint density at radius 3 is 2.82 bits per heavy atom. The van der Waals surface area contributed by atoms with Gasteiger partial charge in [0.2, 0.25) is 0 Å². The van der Waals surface area contributed by atoms with Crippen molar-refractivity contribution in [1.29, 1.82) is 0 Å². The minimum atomic E-state index is -2.10. The van der Waals surface area contributed by atoms with E-state index in [2.05, 4.69) is 4.98 Å². The van der Waals surface area contributed by atoms with Crippen LogP contribution in [-0.2, 0) is 10.5 Å². The van der Waals surface area contributed by atoms with Gasteiger partial charge in [-0.25, -0.2) is 4.39 Å². The molecular formula is C11H9FN2O3. The number of hydrogen-bond donors (Lipinski definition) is 1. The molecule has 0 aliphatic heterocycles. The number of benzene rings is 1. The van der Waals surface area contributed by atoms with Crippen LogP contribution in [0.2, 0.25) is 0 Å². The molecule has 5 nitrogen and oxygen atoms in total. The van der Waals surface area contributed by atoms with Crippen LogP contribution in [0.1, 0.15) is 12.5 Å². The zero-order chi connectivity index (χ0) is 12.6. The van der Waals surface area contributed by atoms with Crippen molar-refractivity contribution < 1.29 is 14.1 Å². The molecule has 1 atom stereocenters. The summed E-state index contributed by atoms with van der Waals surface area (Å²) >= 11 is 0. The number of nitrogens with one attached hydrogen (secondary N) is 1. The van der Waals surface area contributed by atoms with E-state index in [1.54, 1.807) is 0 Å². The van der Waals surface area contributed by atoms with Gasteiger partial charge in [-0.3, -0.25) is 14.9 Å². The molecule has 0 aliphatic rings. The number of alkyl halides is 1. The molecule has 88 valence electrons. The average Bonchev–Trinajstić information content (AvgIpc) is 2.72. The predicted molar refractivity (Wildman–Crippen MR) is 59.5 cm³/mol. The minimum Gasteiger partial charge on any atom is -0.361 e. The Bertz CT molecular complexity index is 604. The number of carbonyl (C=O) groups is 1. The lowest BCUT2D eigenvalue weighted by atomic mass is 9.99. The molecule has 1 heterocycles. The summed E-state index contributed by atoms with van der Waals surface area (Å²) in [5, 5.41) is 11.0. The number of nitro benzene ring substituents is 1. The van der Waals surface area contributed by atoms with Crippen LogP contribution in [0.3, 0.4) is 0 Å². The van der Waals surface area contributed by atoms with E-state index in [1.807, 2.05) is 0 Å². The maximum absolute atomic E-state index is 13.9. The van der Waals surface area contributed by atoms with Crippen molar-refractivity contribution in [3.8, 4) is 0 Å². The summed E-state index contributed by atoms with van der Waals surface area (Å²) in [6.07, 6.45) is 1.56. The molecule has 0 radical (unpaired) electrons. The van der Waals surface area contributed by atoms with Crippen molar-refractivity contribution in [2.45, 2.75) is 12.6 Å². The maximum Gasteiger partial charge on any atom is 0.271 e. The summed E-state index contributed by atoms with van der Waals surface area (Å²) in [4.78, 5) is 23.4. The minimum absolute atomic E-state index is 0.0856. The fourth-order valence-corrected chi connectivity index (χ4v) is 1.70. The SMILES string of the molecule is CC(F)(C=O)c1c[nH]c2cc([N+](=O)[O-])ccc12. The lowest BCUT2D eigenvalue weighted by Crippen LogP contribution is -2.15. The second-order valence-corrected chi connectivity index (χ2v) is 3.88. The van der Waals surface area contributed by atoms with Gasteiger partial charge in [0.05, 0.1) is 10.4 Å². The number of H-pyrrole nitrogens is 1. The van der Waals surface area contributed by atoms with Crippen molar-refractivity contribution in [3.63, 3.8) is 0 Å². The monoisotopic (exact) mass is 236 g/mol. The number of aldehydes is 1. The molecule has 1 aromatic heterocycles. The number of halogens is 1. The first-order chi connectivity index (χ1) is 7.95. The van der Waals surface area contributed by atoms with Crippen LogP contribution in [0, 0.1) is 10.1 Å². The standard InChI is InChI=1S/C11H9FN2O3/c1-11(12,6-15)9-5-13-10-4-7(14(16)17)2-3-8(9)10/h2-6,13H,1H3. The molecule has 1 aromatic carbocycles. The number of nitrogens with zero attached hydrogens (tertiary/aromatic N) is 1. The zero-order valence-corrected chi connectivity index (χ0v) is 8.94. The van der Waals surface area contributed by atoms with E-state index in [9.17, 15) is 19.3 Å². The van der Waals surface area contributed by atoms with Gasteiger partial charge in [0.25, 0.3) is 5.69 Å². The Balaban J connectivity index is 2.64. The Kier molecular flexibility index (Phi) is 2.42. The van der Waals surface area contributed by atoms with Crippen molar-refractivity contribution in [2.75, 3.05) is 0 Å². The molecule has 2 rings (SSSR count). The van der Waals surface area contributed by atoms with Crippen molar-refractivity contribution >= 4 is 22.9 Å². The van der Waals surface area contributed by atoms with Crippen LogP contribution in [-0.4, -0.2) is 16.2 Å². The van der Waals surface area contributed by atoms with E-state index >= 15 is 0 Å². The third-order valence-electron chi connectivity index (χ3n) is 2.62. The summed E-state index contributed by atoms with van der Waals surface area (Å²) < 4.78 is 13.9. The molecule has 1 unspecified atom stereocenters. The fourth-order valence-electron chi connectivity index (χ4n) is 1.70. The lowest BCUT2D eigenvalue weighted by molar-refractivity contribution is -0.384. The zero-order valence-electron chi connectivity index (χ0n) is 8.94. The number of non-ortho nitro benzene ring substituents is 1. The van der Waals surface area contributed by atoms with Gasteiger partial charge < -0.3 is 4.98 Å². The molecule has 0 spiro atoms. The first-order valence-electron chi connectivity index (χ1n) is 4.87. The maximum atomic E-state index is 13.9. The average molecular weight is 236 g/mol. The first kappa shape index (κ1) is 11.3. The lowest BCUT2D eigenvalue weighted by Gasteiger charge is -2.10. The van der Waals surface area contributed by atoms with E-state index < -0.39 is 10.6 Å². The number of carbonyl (C=O) groups excluding carboxylic acids is 1. The molecule has 2 aromatic rings. The van der Waals surface area contributed by atoms with Gasteiger partial charge in [0, 0.05) is 29.3 Å². The summed E-state index contributed by atoms with van der Waals surface area (Å²) in [5.41, 5.74) is -1.58. The van der Waals surface area contributed by atoms with Gasteiger partial charge in [-0.2, -0.15) is 0 Å². The summed E-state index contributed by atoms with van der Waals surface area (Å²) in [7, 11) is 0. The Labute approximate surface area is 95.4 Å². The van der Waals surface area contributed by atoms with E-state index in [-0.39, 0.29) is 17.5 Å². The van der Waals surface area contributed by atoms with Crippen molar-refractivity contribution in [1.82, 2.24) is 4.98 Å². The molecule has 1 N–H and O–H groups in total. The molecule has 0 aliphatic carbocycles. The van der Waals surface area contributed by atoms with Crippen LogP contribution in [0.25, 0.3) is 10.9 Å². The Morgan fingerprint density at radius 2 is 2.24 bits per heavy atom. The van der Waals surface area contributed by atoms with Gasteiger partial charge in [0.15, 0.2) is 12.0 Å². The van der Waals surface area contributed by atoms with Crippen LogP contribution in [0.15, 0.2) is 24.4 Å². The number of nitro groups is 1. The van der Waals surface area contributed by atoms with Crippen LogP contribution >= 0.6 is 0 Å². The molecule has 0 bridgehead atoms. The quantitative estimate of drug-likeness (QED) is 0.505. The molecule has 17 heavy (non-hydrogen) atoms. The Morgan fingerprint density at radius 1 is 1.53 bits per heavy atom. The van der Waals surface area contributed by atoms with Gasteiger partial charge in [-0.1, -0.05) is 0 Å². The largest absolute Gasteiger partial charge is 0.361 e. The highest BCUT2D eigenvalue weighted by Gasteiger charge is 2.28. The van der Waals surface area contributed by atoms with Crippen molar-refractivity contribution in [2.24, 2.45) is 0 Å². The molecule has 0 amide bonds. The van der Waals surface area contributed by atoms with Crippen molar-refractivity contribution in [3.05, 3.63) is 40.1 Å². The molecule has 0 fully saturated rings. The first-order valence-corrected chi connectivity index (χ1v) is 4.87. The van der Waals surface area contributed by atoms with Crippen LogP contribution in [0.5, 0.6) is 0 Å². The van der Waals surface area contributed by atoms with Gasteiger partial charge in [0.1, 0.15) is 0 Å². The van der Waals surface area contributed by atoms with Gasteiger partial charge in [-0.05, 0) is 13.0 Å². The Hall–Kier alpha value is -2.24. The third-order valence-corrected chi connectivity index (χ3v) is 2.62. The number of hydrogen-bond acceptors (Lipinski definition) is 3. The molecular weight excluding hydrogens is 227 g/mol. The van der Waals surface area contributed by atoms with E-state index in [0.29, 0.717) is 10.9 Å². The third kappa shape index (κ3) is 1.77. The normalized spacial score (nSPS) is 14.5. The number of aromatic amines is 1. The number of rotatable bonds is 3. The molecule has 0 saturated heterocycles. The van der Waals surface area contributed by atoms with E-state index in [4.69, 9.17) is 0 Å². The fraction of sp³-hybridized carbons (Fsp3) is 0.182. The number of aromatic nitrogens is 1. The van der Waals surface area contributed by atoms with Crippen LogP contribution in [0.4, 0.5) is 10.1 Å².